The molecule has 1 unspecified atom stereocenters. The van der Waals surface area contributed by atoms with E-state index in [1.54, 1.807) is 30.1 Å². The number of carbonyl (C=O) groups excluding carboxylic acids is 1. The van der Waals surface area contributed by atoms with Gasteiger partial charge in [0.05, 0.1) is 16.3 Å². The minimum atomic E-state index is -4.02. The highest BCUT2D eigenvalue weighted by Crippen LogP contribution is 2.36. The van der Waals surface area contributed by atoms with Gasteiger partial charge >= 0.3 is 0 Å². The summed E-state index contributed by atoms with van der Waals surface area (Å²) in [6, 6.07) is 11.3. The van der Waals surface area contributed by atoms with Crippen LogP contribution in [0.15, 0.2) is 47.4 Å². The summed E-state index contributed by atoms with van der Waals surface area (Å²) in [5, 5.41) is 0.873. The maximum absolute atomic E-state index is 14.5. The van der Waals surface area contributed by atoms with Crippen molar-refractivity contribution in [3.05, 3.63) is 58.9 Å². The second-order valence-electron chi connectivity index (χ2n) is 7.76. The molecule has 0 spiro atoms. The Morgan fingerprint density at radius 2 is 1.94 bits per heavy atom. The number of para-hydroxylation sites is 1. The number of thiazole rings is 1. The zero-order chi connectivity index (χ0) is 22.9. The molecule has 1 aliphatic rings. The molecule has 0 radical (unpaired) electrons. The van der Waals surface area contributed by atoms with Crippen molar-refractivity contribution in [2.24, 2.45) is 0 Å². The predicted molar refractivity (Wildman–Crippen MR) is 124 cm³/mol. The van der Waals surface area contributed by atoms with E-state index in [0.717, 1.165) is 40.6 Å². The number of hydrogen-bond acceptors (Lipinski definition) is 5. The topological polar surface area (TPSA) is 70.6 Å². The number of nitrogens with zero attached hydrogens (tertiary/aromatic N) is 3. The van der Waals surface area contributed by atoms with Gasteiger partial charge < -0.3 is 4.90 Å². The van der Waals surface area contributed by atoms with Crippen molar-refractivity contribution in [3.8, 4) is 0 Å². The van der Waals surface area contributed by atoms with Crippen LogP contribution in [0.1, 0.15) is 54.5 Å². The Morgan fingerprint density at radius 3 is 2.66 bits per heavy atom. The molecule has 3 aromatic rings. The number of carbonyl (C=O) groups is 1. The third-order valence-corrected chi connectivity index (χ3v) is 9.06. The van der Waals surface area contributed by atoms with Crippen molar-refractivity contribution in [1.29, 1.82) is 0 Å². The van der Waals surface area contributed by atoms with Gasteiger partial charge in [-0.3, -0.25) is 4.79 Å². The Labute approximate surface area is 191 Å². The van der Waals surface area contributed by atoms with Gasteiger partial charge in [0.25, 0.3) is 5.91 Å². The van der Waals surface area contributed by atoms with E-state index in [1.807, 2.05) is 24.3 Å². The van der Waals surface area contributed by atoms with Gasteiger partial charge in [0.2, 0.25) is 10.0 Å². The van der Waals surface area contributed by atoms with Crippen molar-refractivity contribution in [3.63, 3.8) is 0 Å². The number of sulfonamides is 1. The average molecular weight is 476 g/mol. The van der Waals surface area contributed by atoms with Crippen molar-refractivity contribution in [1.82, 2.24) is 14.2 Å². The maximum Gasteiger partial charge on any atom is 0.254 e. The lowest BCUT2D eigenvalue weighted by molar-refractivity contribution is 0.0611. The molecule has 170 valence electrons. The quantitative estimate of drug-likeness (QED) is 0.512. The van der Waals surface area contributed by atoms with Crippen LogP contribution < -0.4 is 0 Å². The molecule has 1 aromatic heterocycles. The molecule has 1 saturated heterocycles. The number of hydrogen-bond donors (Lipinski definition) is 0. The summed E-state index contributed by atoms with van der Waals surface area (Å²) in [7, 11) is -4.02. The number of halogens is 1. The van der Waals surface area contributed by atoms with E-state index in [4.69, 9.17) is 4.98 Å². The van der Waals surface area contributed by atoms with E-state index in [-0.39, 0.29) is 30.6 Å². The van der Waals surface area contributed by atoms with Gasteiger partial charge in [-0.05, 0) is 49.6 Å². The van der Waals surface area contributed by atoms with Crippen LogP contribution in [0.2, 0.25) is 0 Å². The van der Waals surface area contributed by atoms with Crippen LogP contribution in [0.4, 0.5) is 4.39 Å². The van der Waals surface area contributed by atoms with Crippen LogP contribution >= 0.6 is 11.3 Å². The summed E-state index contributed by atoms with van der Waals surface area (Å²) in [4.78, 5) is 19.5. The second kappa shape index (κ2) is 9.25. The molecule has 0 saturated carbocycles. The summed E-state index contributed by atoms with van der Waals surface area (Å²) >= 11 is 1.57. The van der Waals surface area contributed by atoms with Crippen LogP contribution in [0.25, 0.3) is 10.2 Å². The second-order valence-corrected chi connectivity index (χ2v) is 10.7. The summed E-state index contributed by atoms with van der Waals surface area (Å²) < 4.78 is 42.6. The molecule has 4 rings (SSSR count). The van der Waals surface area contributed by atoms with Gasteiger partial charge in [0.15, 0.2) is 0 Å². The lowest BCUT2D eigenvalue weighted by Crippen LogP contribution is -2.38. The van der Waals surface area contributed by atoms with E-state index in [1.165, 1.54) is 16.4 Å². The maximum atomic E-state index is 14.5. The highest BCUT2D eigenvalue weighted by Gasteiger charge is 2.33. The average Bonchev–Trinajstić information content (AvgIpc) is 3.23. The highest BCUT2D eigenvalue weighted by atomic mass is 32.2. The Balaban J connectivity index is 1.69. The number of benzene rings is 2. The highest BCUT2D eigenvalue weighted by molar-refractivity contribution is 7.89. The van der Waals surface area contributed by atoms with Crippen molar-refractivity contribution >= 4 is 37.5 Å². The molecular weight excluding hydrogens is 449 g/mol. The molecule has 0 bridgehead atoms. The Bertz CT molecular complexity index is 1210. The molecule has 1 amide bonds. The first-order valence-corrected chi connectivity index (χ1v) is 13.1. The summed E-state index contributed by atoms with van der Waals surface area (Å²) in [6.45, 7) is 4.40. The normalized spacial score (nSPS) is 17.2. The fraction of sp³-hybridized carbons (Fsp3) is 0.391. The van der Waals surface area contributed by atoms with Crippen LogP contribution in [0.3, 0.4) is 0 Å². The molecule has 9 heteroatoms. The first-order valence-electron chi connectivity index (χ1n) is 10.8. The standard InChI is InChI=1S/C23H26FN3O3S2/c1-3-26(4-2)32(29,30)21-15-16(12-13-17(21)24)23(28)27-14-8-7-10-19(27)22-25-18-9-5-6-11-20(18)31-22/h5-6,9,11-13,15,19H,3-4,7-8,10,14H2,1-2H3. The van der Waals surface area contributed by atoms with Crippen LogP contribution in [-0.4, -0.2) is 48.1 Å². The number of fused-ring (bicyclic) bond motifs is 1. The van der Waals surface area contributed by atoms with E-state index < -0.39 is 20.7 Å². The summed E-state index contributed by atoms with van der Waals surface area (Å²) in [5.41, 5.74) is 1.07. The van der Waals surface area contributed by atoms with Crippen LogP contribution in [-0.2, 0) is 10.0 Å². The number of piperidine rings is 1. The van der Waals surface area contributed by atoms with Gasteiger partial charge in [-0.2, -0.15) is 4.31 Å². The van der Waals surface area contributed by atoms with E-state index in [0.29, 0.717) is 6.54 Å². The van der Waals surface area contributed by atoms with E-state index in [9.17, 15) is 17.6 Å². The van der Waals surface area contributed by atoms with Gasteiger partial charge in [-0.15, -0.1) is 11.3 Å². The molecule has 2 heterocycles. The minimum Gasteiger partial charge on any atom is -0.329 e. The molecule has 32 heavy (non-hydrogen) atoms. The van der Waals surface area contributed by atoms with E-state index in [2.05, 4.69) is 0 Å². The smallest absolute Gasteiger partial charge is 0.254 e. The van der Waals surface area contributed by atoms with Gasteiger partial charge in [-0.25, -0.2) is 17.8 Å². The Hall–Kier alpha value is -2.36. The third-order valence-electron chi connectivity index (χ3n) is 5.86. The number of rotatable bonds is 6. The van der Waals surface area contributed by atoms with Crippen molar-refractivity contribution < 1.29 is 17.6 Å². The van der Waals surface area contributed by atoms with Crippen molar-refractivity contribution in [2.45, 2.75) is 44.0 Å². The first kappa shape index (κ1) is 22.8. The zero-order valence-corrected chi connectivity index (χ0v) is 19.8. The lowest BCUT2D eigenvalue weighted by atomic mass is 10.0. The fourth-order valence-corrected chi connectivity index (χ4v) is 6.83. The Kier molecular flexibility index (Phi) is 6.60. The molecule has 0 N–H and O–H groups in total. The third kappa shape index (κ3) is 4.16. The summed E-state index contributed by atoms with van der Waals surface area (Å²) in [6.07, 6.45) is 2.63. The number of aromatic nitrogens is 1. The fourth-order valence-electron chi connectivity index (χ4n) is 4.17. The summed E-state index contributed by atoms with van der Waals surface area (Å²) in [5.74, 6) is -1.15. The van der Waals surface area contributed by atoms with Crippen molar-refractivity contribution in [2.75, 3.05) is 19.6 Å². The molecule has 0 aliphatic carbocycles. The Morgan fingerprint density at radius 1 is 1.19 bits per heavy atom. The first-order chi connectivity index (χ1) is 15.4. The van der Waals surface area contributed by atoms with E-state index >= 15 is 0 Å². The largest absolute Gasteiger partial charge is 0.329 e. The molecule has 6 nitrogen and oxygen atoms in total. The molecule has 1 atom stereocenters. The van der Waals surface area contributed by atoms with Gasteiger partial charge in [0, 0.05) is 25.2 Å². The minimum absolute atomic E-state index is 0.171. The lowest BCUT2D eigenvalue weighted by Gasteiger charge is -2.34. The number of likely N-dealkylation sites (tertiary alicyclic amines) is 1. The molecule has 1 aliphatic heterocycles. The monoisotopic (exact) mass is 475 g/mol. The predicted octanol–water partition coefficient (Wildman–Crippen LogP) is 4.83. The number of amides is 1. The molecular formula is C23H26FN3O3S2. The molecule has 2 aromatic carbocycles. The molecule has 1 fully saturated rings. The SMILES string of the molecule is CCN(CC)S(=O)(=O)c1cc(C(=O)N2CCCCC2c2nc3ccccc3s2)ccc1F. The zero-order valence-electron chi connectivity index (χ0n) is 18.1. The van der Waals surface area contributed by atoms with Crippen LogP contribution in [0.5, 0.6) is 0 Å². The van der Waals surface area contributed by atoms with Crippen LogP contribution in [0, 0.1) is 5.82 Å². The van der Waals surface area contributed by atoms with Gasteiger partial charge in [0.1, 0.15) is 15.7 Å². The van der Waals surface area contributed by atoms with Gasteiger partial charge in [-0.1, -0.05) is 26.0 Å².